The summed E-state index contributed by atoms with van der Waals surface area (Å²) in [7, 11) is 0. The third-order valence-electron chi connectivity index (χ3n) is 3.48. The van der Waals surface area contributed by atoms with E-state index in [1.165, 1.54) is 11.1 Å². The van der Waals surface area contributed by atoms with Crippen LogP contribution >= 0.6 is 0 Å². The molecule has 0 aliphatic heterocycles. The summed E-state index contributed by atoms with van der Waals surface area (Å²) in [5.74, 6) is 1.84. The highest BCUT2D eigenvalue weighted by atomic mass is 16.4. The highest BCUT2D eigenvalue weighted by molar-refractivity contribution is 5.34. The van der Waals surface area contributed by atoms with Gasteiger partial charge in [-0.3, -0.25) is 0 Å². The van der Waals surface area contributed by atoms with Crippen molar-refractivity contribution in [2.75, 3.05) is 6.54 Å². The van der Waals surface area contributed by atoms with E-state index >= 15 is 0 Å². The van der Waals surface area contributed by atoms with E-state index in [0.29, 0.717) is 18.4 Å². The van der Waals surface area contributed by atoms with Crippen LogP contribution in [-0.4, -0.2) is 16.7 Å². The number of benzene rings is 1. The number of aromatic nitrogens is 2. The topological polar surface area (TPSA) is 64.9 Å². The first kappa shape index (κ1) is 11.4. The Kier molecular flexibility index (Phi) is 3.11. The molecule has 0 amide bonds. The van der Waals surface area contributed by atoms with E-state index in [2.05, 4.69) is 34.5 Å². The molecule has 0 fully saturated rings. The van der Waals surface area contributed by atoms with Crippen LogP contribution in [0.15, 0.2) is 28.7 Å². The zero-order valence-corrected chi connectivity index (χ0v) is 10.3. The molecule has 0 atom stereocenters. The minimum Gasteiger partial charge on any atom is -0.425 e. The van der Waals surface area contributed by atoms with Crippen molar-refractivity contribution in [3.63, 3.8) is 0 Å². The Morgan fingerprint density at radius 3 is 2.56 bits per heavy atom. The lowest BCUT2D eigenvalue weighted by Gasteiger charge is -2.01. The largest absolute Gasteiger partial charge is 0.425 e. The third kappa shape index (κ3) is 2.16. The van der Waals surface area contributed by atoms with Crippen LogP contribution in [0.3, 0.4) is 0 Å². The maximum atomic E-state index is 5.72. The molecule has 1 aromatic carbocycles. The molecule has 1 aliphatic rings. The summed E-state index contributed by atoms with van der Waals surface area (Å²) in [6.45, 7) is 0.659. The fourth-order valence-electron chi connectivity index (χ4n) is 2.52. The van der Waals surface area contributed by atoms with Crippen LogP contribution in [0, 0.1) is 0 Å². The fourth-order valence-corrected chi connectivity index (χ4v) is 2.52. The SMILES string of the molecule is NCCCc1nnc(C2Cc3ccccc3C2)o1. The molecule has 0 radical (unpaired) electrons. The van der Waals surface area contributed by atoms with Crippen LogP contribution in [0.1, 0.15) is 35.2 Å². The molecule has 94 valence electrons. The molecular weight excluding hydrogens is 226 g/mol. The second-order valence-corrected chi connectivity index (χ2v) is 4.80. The Balaban J connectivity index is 1.72. The van der Waals surface area contributed by atoms with Crippen molar-refractivity contribution in [2.45, 2.75) is 31.6 Å². The molecule has 1 heterocycles. The summed E-state index contributed by atoms with van der Waals surface area (Å²) in [4.78, 5) is 0. The van der Waals surface area contributed by atoms with Gasteiger partial charge in [0.15, 0.2) is 0 Å². The van der Waals surface area contributed by atoms with Crippen molar-refractivity contribution in [1.29, 1.82) is 0 Å². The normalized spacial score (nSPS) is 14.9. The average Bonchev–Trinajstić information content (AvgIpc) is 3.02. The number of hydrogen-bond donors (Lipinski definition) is 1. The van der Waals surface area contributed by atoms with Gasteiger partial charge in [-0.1, -0.05) is 24.3 Å². The van der Waals surface area contributed by atoms with Gasteiger partial charge in [-0.2, -0.15) is 0 Å². The number of aryl methyl sites for hydroxylation is 1. The zero-order chi connectivity index (χ0) is 12.4. The molecule has 0 saturated carbocycles. The molecule has 0 bridgehead atoms. The van der Waals surface area contributed by atoms with E-state index in [0.717, 1.165) is 31.6 Å². The van der Waals surface area contributed by atoms with E-state index in [9.17, 15) is 0 Å². The molecule has 0 saturated heterocycles. The molecule has 2 N–H and O–H groups in total. The minimum atomic E-state index is 0.349. The van der Waals surface area contributed by atoms with Crippen molar-refractivity contribution < 1.29 is 4.42 Å². The molecule has 0 spiro atoms. The Bertz CT molecular complexity index is 510. The Hall–Kier alpha value is -1.68. The number of nitrogens with zero attached hydrogens (tertiary/aromatic N) is 2. The summed E-state index contributed by atoms with van der Waals surface area (Å²) >= 11 is 0. The highest BCUT2D eigenvalue weighted by Crippen LogP contribution is 2.33. The van der Waals surface area contributed by atoms with E-state index in [1.807, 2.05) is 0 Å². The first-order valence-corrected chi connectivity index (χ1v) is 6.46. The first-order chi connectivity index (χ1) is 8.86. The monoisotopic (exact) mass is 243 g/mol. The predicted octanol–water partition coefficient (Wildman–Crippen LogP) is 1.84. The lowest BCUT2D eigenvalue weighted by Crippen LogP contribution is -2.00. The van der Waals surface area contributed by atoms with Gasteiger partial charge in [0.2, 0.25) is 11.8 Å². The smallest absolute Gasteiger partial charge is 0.220 e. The summed E-state index contributed by atoms with van der Waals surface area (Å²) in [5, 5.41) is 8.27. The quantitative estimate of drug-likeness (QED) is 0.890. The second kappa shape index (κ2) is 4.90. The van der Waals surface area contributed by atoms with Gasteiger partial charge in [-0.25, -0.2) is 0 Å². The Morgan fingerprint density at radius 2 is 1.89 bits per heavy atom. The lowest BCUT2D eigenvalue weighted by atomic mass is 10.1. The Labute approximate surface area is 106 Å². The zero-order valence-electron chi connectivity index (χ0n) is 10.3. The maximum absolute atomic E-state index is 5.72. The molecule has 18 heavy (non-hydrogen) atoms. The molecule has 3 rings (SSSR count). The van der Waals surface area contributed by atoms with Gasteiger partial charge in [0, 0.05) is 12.3 Å². The fraction of sp³-hybridized carbons (Fsp3) is 0.429. The molecular formula is C14H17N3O. The van der Waals surface area contributed by atoms with Crippen molar-refractivity contribution in [3.05, 3.63) is 47.2 Å². The van der Waals surface area contributed by atoms with Crippen LogP contribution in [0.5, 0.6) is 0 Å². The molecule has 0 unspecified atom stereocenters. The van der Waals surface area contributed by atoms with Gasteiger partial charge in [0.25, 0.3) is 0 Å². The van der Waals surface area contributed by atoms with Crippen LogP contribution in [0.4, 0.5) is 0 Å². The average molecular weight is 243 g/mol. The van der Waals surface area contributed by atoms with Crippen LogP contribution in [-0.2, 0) is 19.3 Å². The van der Waals surface area contributed by atoms with Crippen LogP contribution in [0.2, 0.25) is 0 Å². The number of fused-ring (bicyclic) bond motifs is 1. The number of rotatable bonds is 4. The van der Waals surface area contributed by atoms with Crippen molar-refractivity contribution >= 4 is 0 Å². The van der Waals surface area contributed by atoms with Gasteiger partial charge >= 0.3 is 0 Å². The molecule has 2 aromatic rings. The summed E-state index contributed by atoms with van der Waals surface area (Å²) in [6.07, 6.45) is 3.69. The van der Waals surface area contributed by atoms with Gasteiger partial charge in [-0.15, -0.1) is 10.2 Å². The van der Waals surface area contributed by atoms with Crippen molar-refractivity contribution in [2.24, 2.45) is 5.73 Å². The molecule has 4 heteroatoms. The van der Waals surface area contributed by atoms with Crippen LogP contribution in [0.25, 0.3) is 0 Å². The van der Waals surface area contributed by atoms with Gasteiger partial charge in [0.1, 0.15) is 0 Å². The van der Waals surface area contributed by atoms with Gasteiger partial charge < -0.3 is 10.2 Å². The highest BCUT2D eigenvalue weighted by Gasteiger charge is 2.26. The van der Waals surface area contributed by atoms with E-state index < -0.39 is 0 Å². The summed E-state index contributed by atoms with van der Waals surface area (Å²) in [5.41, 5.74) is 8.29. The van der Waals surface area contributed by atoms with Crippen molar-refractivity contribution in [1.82, 2.24) is 10.2 Å². The Morgan fingerprint density at radius 1 is 1.17 bits per heavy atom. The van der Waals surface area contributed by atoms with E-state index in [4.69, 9.17) is 10.2 Å². The molecule has 1 aromatic heterocycles. The minimum absolute atomic E-state index is 0.349. The van der Waals surface area contributed by atoms with Crippen LogP contribution < -0.4 is 5.73 Å². The van der Waals surface area contributed by atoms with Crippen molar-refractivity contribution in [3.8, 4) is 0 Å². The standard InChI is InChI=1S/C14H17N3O/c15-7-3-6-13-16-17-14(18-13)12-8-10-4-1-2-5-11(10)9-12/h1-2,4-5,12H,3,6-9,15H2. The third-order valence-corrected chi connectivity index (χ3v) is 3.48. The molecule has 4 nitrogen and oxygen atoms in total. The number of hydrogen-bond acceptors (Lipinski definition) is 4. The predicted molar refractivity (Wildman–Crippen MR) is 68.3 cm³/mol. The van der Waals surface area contributed by atoms with Gasteiger partial charge in [-0.05, 0) is 36.9 Å². The van der Waals surface area contributed by atoms with E-state index in [-0.39, 0.29) is 0 Å². The maximum Gasteiger partial charge on any atom is 0.220 e. The van der Waals surface area contributed by atoms with E-state index in [1.54, 1.807) is 0 Å². The first-order valence-electron chi connectivity index (χ1n) is 6.46. The molecule has 1 aliphatic carbocycles. The second-order valence-electron chi connectivity index (χ2n) is 4.80. The van der Waals surface area contributed by atoms with Gasteiger partial charge in [0.05, 0.1) is 0 Å². The number of nitrogens with two attached hydrogens (primary N) is 1. The summed E-state index contributed by atoms with van der Waals surface area (Å²) < 4.78 is 5.72. The summed E-state index contributed by atoms with van der Waals surface area (Å²) in [6, 6.07) is 8.53. The lowest BCUT2D eigenvalue weighted by molar-refractivity contribution is 0.416.